The van der Waals surface area contributed by atoms with E-state index in [9.17, 15) is 0 Å². The Hall–Kier alpha value is -1.50. The predicted octanol–water partition coefficient (Wildman–Crippen LogP) is 1.31. The molecular formula is C8H11N3O. The number of aromatic hydroxyl groups is 1. The van der Waals surface area contributed by atoms with Gasteiger partial charge in [0.1, 0.15) is 6.04 Å². The molecule has 1 aromatic heterocycles. The zero-order chi connectivity index (χ0) is 9.14. The molecule has 64 valence electrons. The van der Waals surface area contributed by atoms with Gasteiger partial charge >= 0.3 is 0 Å². The van der Waals surface area contributed by atoms with Crippen LogP contribution >= 0.6 is 0 Å². The Morgan fingerprint density at radius 1 is 1.67 bits per heavy atom. The van der Waals surface area contributed by atoms with Gasteiger partial charge < -0.3 is 5.11 Å². The third kappa shape index (κ3) is 1.56. The Morgan fingerprint density at radius 3 is 2.67 bits per heavy atom. The van der Waals surface area contributed by atoms with Crippen molar-refractivity contribution in [2.75, 3.05) is 0 Å². The fraction of sp³-hybridized carbons (Fsp3) is 0.500. The molecule has 1 heterocycles. The van der Waals surface area contributed by atoms with Crippen LogP contribution in [0, 0.1) is 17.2 Å². The highest BCUT2D eigenvalue weighted by atomic mass is 16.3. The van der Waals surface area contributed by atoms with Crippen LogP contribution in [0.5, 0.6) is 5.75 Å². The van der Waals surface area contributed by atoms with Crippen molar-refractivity contribution in [2.45, 2.75) is 19.9 Å². The van der Waals surface area contributed by atoms with Crippen LogP contribution in [0.15, 0.2) is 12.4 Å². The Morgan fingerprint density at radius 2 is 2.33 bits per heavy atom. The van der Waals surface area contributed by atoms with Crippen molar-refractivity contribution in [3.05, 3.63) is 12.4 Å². The average Bonchev–Trinajstić information content (AvgIpc) is 2.37. The smallest absolute Gasteiger partial charge is 0.153 e. The fourth-order valence-corrected chi connectivity index (χ4v) is 0.994. The summed E-state index contributed by atoms with van der Waals surface area (Å²) < 4.78 is 1.47. The molecule has 0 aliphatic rings. The van der Waals surface area contributed by atoms with E-state index < -0.39 is 0 Å². The van der Waals surface area contributed by atoms with Crippen molar-refractivity contribution in [3.8, 4) is 11.8 Å². The first-order valence-corrected chi connectivity index (χ1v) is 3.78. The lowest BCUT2D eigenvalue weighted by atomic mass is 10.1. The van der Waals surface area contributed by atoms with Crippen molar-refractivity contribution in [1.82, 2.24) is 9.78 Å². The van der Waals surface area contributed by atoms with Crippen LogP contribution in [0.1, 0.15) is 19.9 Å². The molecule has 0 fully saturated rings. The maximum Gasteiger partial charge on any atom is 0.153 e. The van der Waals surface area contributed by atoms with Gasteiger partial charge in [0.05, 0.1) is 18.5 Å². The zero-order valence-electron chi connectivity index (χ0n) is 7.10. The van der Waals surface area contributed by atoms with Gasteiger partial charge in [-0.05, 0) is 5.92 Å². The van der Waals surface area contributed by atoms with Gasteiger partial charge in [-0.25, -0.2) is 0 Å². The monoisotopic (exact) mass is 165 g/mol. The third-order valence-electron chi connectivity index (χ3n) is 1.64. The summed E-state index contributed by atoms with van der Waals surface area (Å²) in [5, 5.41) is 21.6. The van der Waals surface area contributed by atoms with Gasteiger partial charge in [-0.15, -0.1) is 0 Å². The molecule has 1 unspecified atom stereocenters. The molecule has 1 atom stereocenters. The van der Waals surface area contributed by atoms with Crippen LogP contribution in [0.3, 0.4) is 0 Å². The maximum absolute atomic E-state index is 8.99. The first-order valence-electron chi connectivity index (χ1n) is 3.78. The summed E-state index contributed by atoms with van der Waals surface area (Å²) in [6.07, 6.45) is 2.78. The van der Waals surface area contributed by atoms with E-state index >= 15 is 0 Å². The van der Waals surface area contributed by atoms with Crippen LogP contribution in [-0.4, -0.2) is 14.9 Å². The lowest BCUT2D eigenvalue weighted by Crippen LogP contribution is -2.13. The number of nitrogens with zero attached hydrogens (tertiary/aromatic N) is 3. The molecule has 1 aromatic rings. The van der Waals surface area contributed by atoms with Gasteiger partial charge in [-0.2, -0.15) is 10.4 Å². The summed E-state index contributed by atoms with van der Waals surface area (Å²) in [6, 6.07) is 1.82. The highest BCUT2D eigenvalue weighted by molar-refractivity contribution is 5.10. The highest BCUT2D eigenvalue weighted by Gasteiger charge is 2.14. The Balaban J connectivity index is 2.89. The zero-order valence-corrected chi connectivity index (χ0v) is 7.10. The molecular weight excluding hydrogens is 154 g/mol. The minimum absolute atomic E-state index is 0.0934. The van der Waals surface area contributed by atoms with Gasteiger partial charge in [-0.3, -0.25) is 4.68 Å². The van der Waals surface area contributed by atoms with E-state index in [-0.39, 0.29) is 17.7 Å². The standard InChI is InChI=1S/C8H11N3O/c1-6(2)8(3-9)11-5-7(12)4-10-11/h4-6,8,12H,1-2H3. The lowest BCUT2D eigenvalue weighted by molar-refractivity contribution is 0.419. The summed E-state index contributed by atoms with van der Waals surface area (Å²) in [4.78, 5) is 0. The molecule has 0 aromatic carbocycles. The quantitative estimate of drug-likeness (QED) is 0.718. The minimum Gasteiger partial charge on any atom is -0.505 e. The molecule has 4 nitrogen and oxygen atoms in total. The van der Waals surface area contributed by atoms with Crippen molar-refractivity contribution in [2.24, 2.45) is 5.92 Å². The summed E-state index contributed by atoms with van der Waals surface area (Å²) in [6.45, 7) is 3.87. The van der Waals surface area contributed by atoms with Gasteiger partial charge in [0, 0.05) is 0 Å². The minimum atomic E-state index is -0.300. The van der Waals surface area contributed by atoms with Gasteiger partial charge in [-0.1, -0.05) is 13.8 Å². The summed E-state index contributed by atoms with van der Waals surface area (Å²) >= 11 is 0. The molecule has 0 spiro atoms. The molecule has 0 aliphatic carbocycles. The Bertz CT molecular complexity index is 297. The van der Waals surface area contributed by atoms with E-state index in [4.69, 9.17) is 10.4 Å². The van der Waals surface area contributed by atoms with Gasteiger partial charge in [0.15, 0.2) is 5.75 Å². The summed E-state index contributed by atoms with van der Waals surface area (Å²) in [5.74, 6) is 0.283. The molecule has 0 bridgehead atoms. The topological polar surface area (TPSA) is 61.8 Å². The third-order valence-corrected chi connectivity index (χ3v) is 1.64. The van der Waals surface area contributed by atoms with Crippen molar-refractivity contribution in [1.29, 1.82) is 5.26 Å². The van der Waals surface area contributed by atoms with Gasteiger partial charge in [0.2, 0.25) is 0 Å². The highest BCUT2D eigenvalue weighted by Crippen LogP contribution is 2.17. The molecule has 4 heteroatoms. The fourth-order valence-electron chi connectivity index (χ4n) is 0.994. The molecule has 1 N–H and O–H groups in total. The van der Waals surface area contributed by atoms with Crippen LogP contribution in [0.25, 0.3) is 0 Å². The average molecular weight is 165 g/mol. The van der Waals surface area contributed by atoms with E-state index in [1.54, 1.807) is 0 Å². The Labute approximate surface area is 71.1 Å². The van der Waals surface area contributed by atoms with Crippen LogP contribution in [0.2, 0.25) is 0 Å². The predicted molar refractivity (Wildman–Crippen MR) is 43.4 cm³/mol. The molecule has 0 amide bonds. The van der Waals surface area contributed by atoms with Crippen LogP contribution in [-0.2, 0) is 0 Å². The van der Waals surface area contributed by atoms with Crippen LogP contribution < -0.4 is 0 Å². The van der Waals surface area contributed by atoms with E-state index in [2.05, 4.69) is 11.2 Å². The number of nitriles is 1. The summed E-state index contributed by atoms with van der Waals surface area (Å²) in [7, 11) is 0. The number of hydrogen-bond acceptors (Lipinski definition) is 3. The second-order valence-electron chi connectivity index (χ2n) is 3.00. The lowest BCUT2D eigenvalue weighted by Gasteiger charge is -2.12. The molecule has 1 rings (SSSR count). The van der Waals surface area contributed by atoms with E-state index in [0.717, 1.165) is 0 Å². The van der Waals surface area contributed by atoms with Crippen molar-refractivity contribution < 1.29 is 5.11 Å². The number of hydrogen-bond donors (Lipinski definition) is 1. The second kappa shape index (κ2) is 3.26. The molecule has 0 aliphatic heterocycles. The first-order chi connectivity index (χ1) is 5.65. The van der Waals surface area contributed by atoms with E-state index in [1.165, 1.54) is 17.1 Å². The number of aromatic nitrogens is 2. The Kier molecular flexibility index (Phi) is 2.34. The van der Waals surface area contributed by atoms with Gasteiger partial charge in [0.25, 0.3) is 0 Å². The summed E-state index contributed by atoms with van der Waals surface area (Å²) in [5.41, 5.74) is 0. The SMILES string of the molecule is CC(C)C(C#N)n1cc(O)cn1. The van der Waals surface area contributed by atoms with Crippen molar-refractivity contribution >= 4 is 0 Å². The molecule has 0 saturated carbocycles. The largest absolute Gasteiger partial charge is 0.505 e. The van der Waals surface area contributed by atoms with E-state index in [1.807, 2.05) is 13.8 Å². The van der Waals surface area contributed by atoms with Crippen molar-refractivity contribution in [3.63, 3.8) is 0 Å². The normalized spacial score (nSPS) is 12.8. The molecule has 12 heavy (non-hydrogen) atoms. The maximum atomic E-state index is 8.99. The number of rotatable bonds is 2. The van der Waals surface area contributed by atoms with E-state index in [0.29, 0.717) is 0 Å². The van der Waals surface area contributed by atoms with Crippen LogP contribution in [0.4, 0.5) is 0 Å². The molecule has 0 radical (unpaired) electrons. The first kappa shape index (κ1) is 8.60. The molecule has 0 saturated heterocycles. The second-order valence-corrected chi connectivity index (χ2v) is 3.00.